The minimum Gasteiger partial charge on any atom is -0.360 e. The van der Waals surface area contributed by atoms with Crippen molar-refractivity contribution in [3.63, 3.8) is 0 Å². The van der Waals surface area contributed by atoms with E-state index in [-0.39, 0.29) is 10.7 Å². The van der Waals surface area contributed by atoms with Crippen LogP contribution >= 0.6 is 0 Å². The SMILES string of the molecule is Cc1noc(C)c1S(=O)(=O)n1ccc2cccnc21. The standard InChI is InChI=1S/C12H11N3O3S/c1-8-11(9(2)18-14-8)19(16,17)15-7-5-10-4-3-6-13-12(10)15/h3-7H,1-2H3. The molecule has 0 radical (unpaired) electrons. The van der Waals surface area contributed by atoms with E-state index in [1.54, 1.807) is 32.2 Å². The zero-order valence-corrected chi connectivity index (χ0v) is 11.2. The van der Waals surface area contributed by atoms with Crippen molar-refractivity contribution in [2.45, 2.75) is 18.7 Å². The normalized spacial score (nSPS) is 12.1. The molecule has 3 heterocycles. The molecule has 0 aromatic carbocycles. The summed E-state index contributed by atoms with van der Waals surface area (Å²) in [6.07, 6.45) is 3.04. The quantitative estimate of drug-likeness (QED) is 0.714. The van der Waals surface area contributed by atoms with Gasteiger partial charge in [-0.3, -0.25) is 0 Å². The lowest BCUT2D eigenvalue weighted by Gasteiger charge is -2.05. The van der Waals surface area contributed by atoms with E-state index in [0.29, 0.717) is 11.3 Å². The number of pyridine rings is 1. The van der Waals surface area contributed by atoms with Gasteiger partial charge < -0.3 is 4.52 Å². The minimum absolute atomic E-state index is 0.0932. The topological polar surface area (TPSA) is 78.0 Å². The molecule has 98 valence electrons. The van der Waals surface area contributed by atoms with Crippen LogP contribution in [0.4, 0.5) is 0 Å². The van der Waals surface area contributed by atoms with Gasteiger partial charge in [0.1, 0.15) is 5.69 Å². The first-order valence-electron chi connectivity index (χ1n) is 5.62. The van der Waals surface area contributed by atoms with Crippen molar-refractivity contribution in [3.05, 3.63) is 42.0 Å². The first kappa shape index (κ1) is 11.9. The first-order chi connectivity index (χ1) is 9.01. The average molecular weight is 277 g/mol. The first-order valence-corrected chi connectivity index (χ1v) is 7.06. The van der Waals surface area contributed by atoms with E-state index in [0.717, 1.165) is 9.36 Å². The Kier molecular flexibility index (Phi) is 2.46. The fourth-order valence-electron chi connectivity index (χ4n) is 2.08. The number of aryl methyl sites for hydroxylation is 2. The van der Waals surface area contributed by atoms with Crippen LogP contribution < -0.4 is 0 Å². The van der Waals surface area contributed by atoms with Gasteiger partial charge in [0.15, 0.2) is 16.3 Å². The van der Waals surface area contributed by atoms with Crippen LogP contribution in [0.3, 0.4) is 0 Å². The molecule has 0 N–H and O–H groups in total. The van der Waals surface area contributed by atoms with Gasteiger partial charge in [0.25, 0.3) is 10.0 Å². The predicted octanol–water partition coefficient (Wildman–Crippen LogP) is 1.88. The summed E-state index contributed by atoms with van der Waals surface area (Å²) in [4.78, 5) is 4.20. The highest BCUT2D eigenvalue weighted by atomic mass is 32.2. The summed E-state index contributed by atoms with van der Waals surface area (Å²) in [5.41, 5.74) is 0.734. The molecule has 0 atom stereocenters. The molecule has 0 fully saturated rings. The Labute approximate surface area is 109 Å². The molecule has 7 heteroatoms. The molecular weight excluding hydrogens is 266 g/mol. The molecule has 0 aliphatic carbocycles. The zero-order valence-electron chi connectivity index (χ0n) is 10.4. The summed E-state index contributed by atoms with van der Waals surface area (Å²) in [6.45, 7) is 3.18. The van der Waals surface area contributed by atoms with Crippen molar-refractivity contribution in [3.8, 4) is 0 Å². The van der Waals surface area contributed by atoms with E-state index in [1.165, 1.54) is 6.20 Å². The van der Waals surface area contributed by atoms with Crippen LogP contribution in [0.2, 0.25) is 0 Å². The van der Waals surface area contributed by atoms with Gasteiger partial charge in [-0.05, 0) is 32.0 Å². The molecule has 19 heavy (non-hydrogen) atoms. The molecule has 0 aliphatic rings. The van der Waals surface area contributed by atoms with Gasteiger partial charge in [0, 0.05) is 17.8 Å². The third-order valence-electron chi connectivity index (χ3n) is 2.90. The highest BCUT2D eigenvalue weighted by molar-refractivity contribution is 7.90. The molecule has 3 aromatic rings. The van der Waals surface area contributed by atoms with Gasteiger partial charge in [-0.1, -0.05) is 5.16 Å². The highest BCUT2D eigenvalue weighted by Gasteiger charge is 2.27. The number of fused-ring (bicyclic) bond motifs is 1. The fraction of sp³-hybridized carbons (Fsp3) is 0.167. The highest BCUT2D eigenvalue weighted by Crippen LogP contribution is 2.25. The Bertz CT molecular complexity index is 842. The lowest BCUT2D eigenvalue weighted by Crippen LogP contribution is -2.13. The van der Waals surface area contributed by atoms with E-state index in [4.69, 9.17) is 4.52 Å². The number of hydrogen-bond donors (Lipinski definition) is 0. The van der Waals surface area contributed by atoms with Crippen molar-refractivity contribution in [2.24, 2.45) is 0 Å². The van der Waals surface area contributed by atoms with Crippen molar-refractivity contribution in [1.29, 1.82) is 0 Å². The number of aromatic nitrogens is 3. The molecule has 0 bridgehead atoms. The summed E-state index contributed by atoms with van der Waals surface area (Å²) < 4.78 is 31.3. The summed E-state index contributed by atoms with van der Waals surface area (Å²) >= 11 is 0. The van der Waals surface area contributed by atoms with Gasteiger partial charge in [0.2, 0.25) is 0 Å². The third kappa shape index (κ3) is 1.66. The Hall–Kier alpha value is -2.15. The maximum absolute atomic E-state index is 12.6. The summed E-state index contributed by atoms with van der Waals surface area (Å²) in [6, 6.07) is 5.27. The fourth-order valence-corrected chi connectivity index (χ4v) is 3.69. The van der Waals surface area contributed by atoms with E-state index < -0.39 is 10.0 Å². The summed E-state index contributed by atoms with van der Waals surface area (Å²) in [7, 11) is -3.74. The van der Waals surface area contributed by atoms with Gasteiger partial charge in [-0.2, -0.15) is 0 Å². The van der Waals surface area contributed by atoms with E-state index in [1.807, 2.05) is 6.07 Å². The van der Waals surface area contributed by atoms with Crippen LogP contribution in [-0.2, 0) is 10.0 Å². The van der Waals surface area contributed by atoms with Crippen molar-refractivity contribution >= 4 is 21.1 Å². The maximum Gasteiger partial charge on any atom is 0.274 e. The Morgan fingerprint density at radius 1 is 1.26 bits per heavy atom. The van der Waals surface area contributed by atoms with Crippen LogP contribution in [0.15, 0.2) is 40.0 Å². The predicted molar refractivity (Wildman–Crippen MR) is 68.3 cm³/mol. The largest absolute Gasteiger partial charge is 0.360 e. The minimum atomic E-state index is -3.74. The summed E-state index contributed by atoms with van der Waals surface area (Å²) in [5.74, 6) is 0.273. The monoisotopic (exact) mass is 277 g/mol. The number of nitrogens with zero attached hydrogens (tertiary/aromatic N) is 3. The Morgan fingerprint density at radius 2 is 2.05 bits per heavy atom. The lowest BCUT2D eigenvalue weighted by molar-refractivity contribution is 0.390. The molecule has 0 amide bonds. The van der Waals surface area contributed by atoms with E-state index >= 15 is 0 Å². The molecule has 0 unspecified atom stereocenters. The number of hydrogen-bond acceptors (Lipinski definition) is 5. The van der Waals surface area contributed by atoms with Crippen LogP contribution in [0.25, 0.3) is 11.0 Å². The lowest BCUT2D eigenvalue weighted by atomic mass is 10.3. The molecule has 3 aromatic heterocycles. The Balaban J connectivity index is 2.32. The molecule has 0 aliphatic heterocycles. The molecule has 0 spiro atoms. The summed E-state index contributed by atoms with van der Waals surface area (Å²) in [5, 5.41) is 4.45. The molecule has 3 rings (SSSR count). The van der Waals surface area contributed by atoms with Crippen molar-refractivity contribution < 1.29 is 12.9 Å². The van der Waals surface area contributed by atoms with Crippen LogP contribution in [-0.4, -0.2) is 22.5 Å². The average Bonchev–Trinajstić information content (AvgIpc) is 2.93. The molecular formula is C12H11N3O3S. The van der Waals surface area contributed by atoms with Crippen LogP contribution in [0, 0.1) is 13.8 Å². The van der Waals surface area contributed by atoms with Gasteiger partial charge in [0.05, 0.1) is 0 Å². The molecule has 6 nitrogen and oxygen atoms in total. The van der Waals surface area contributed by atoms with Crippen molar-refractivity contribution in [1.82, 2.24) is 14.1 Å². The number of rotatable bonds is 2. The van der Waals surface area contributed by atoms with Gasteiger partial charge in [-0.25, -0.2) is 17.4 Å². The second-order valence-electron chi connectivity index (χ2n) is 4.19. The van der Waals surface area contributed by atoms with E-state index in [2.05, 4.69) is 10.1 Å². The Morgan fingerprint density at radius 3 is 2.74 bits per heavy atom. The second kappa shape index (κ2) is 3.92. The smallest absolute Gasteiger partial charge is 0.274 e. The second-order valence-corrected chi connectivity index (χ2v) is 5.94. The molecule has 0 saturated heterocycles. The maximum atomic E-state index is 12.6. The van der Waals surface area contributed by atoms with E-state index in [9.17, 15) is 8.42 Å². The van der Waals surface area contributed by atoms with Crippen LogP contribution in [0.1, 0.15) is 11.5 Å². The van der Waals surface area contributed by atoms with Gasteiger partial charge in [-0.15, -0.1) is 0 Å². The van der Waals surface area contributed by atoms with Gasteiger partial charge >= 0.3 is 0 Å². The van der Waals surface area contributed by atoms with Crippen LogP contribution in [0.5, 0.6) is 0 Å². The molecule has 0 saturated carbocycles. The zero-order chi connectivity index (χ0) is 13.6. The third-order valence-corrected chi connectivity index (χ3v) is 4.81. The van der Waals surface area contributed by atoms with Crippen molar-refractivity contribution in [2.75, 3.05) is 0 Å².